The molecule has 8 heteroatoms. The molecule has 1 N–H and O–H groups in total. The number of carbonyl (C=O) groups excluding carboxylic acids is 1. The van der Waals surface area contributed by atoms with Crippen LogP contribution < -0.4 is 15.7 Å². The minimum Gasteiger partial charge on any atom is -0.497 e. The summed E-state index contributed by atoms with van der Waals surface area (Å²) in [7, 11) is 1.55. The van der Waals surface area contributed by atoms with Gasteiger partial charge in [0.15, 0.2) is 0 Å². The highest BCUT2D eigenvalue weighted by atomic mass is 32.1. The summed E-state index contributed by atoms with van der Waals surface area (Å²) in [5.74, 6) is 0.260. The van der Waals surface area contributed by atoms with E-state index in [0.717, 1.165) is 10.4 Å². The Labute approximate surface area is 160 Å². The van der Waals surface area contributed by atoms with Gasteiger partial charge in [-0.2, -0.15) is 0 Å². The third-order valence-corrected chi connectivity index (χ3v) is 5.41. The third kappa shape index (κ3) is 4.00. The first-order chi connectivity index (χ1) is 12.7. The van der Waals surface area contributed by atoms with Crippen LogP contribution in [0.2, 0.25) is 0 Å². The van der Waals surface area contributed by atoms with Crippen molar-refractivity contribution in [3.63, 3.8) is 0 Å². The number of hydrogen-bond donors (Lipinski definition) is 1. The van der Waals surface area contributed by atoms with Crippen molar-refractivity contribution in [2.24, 2.45) is 0 Å². The normalized spacial score (nSPS) is 11.6. The SMILES string of the molecule is COc1ccc2c(C)c(CC(=O)Nc3nnc(C(C)(C)C)s3)c(=O)oc2c1. The number of anilines is 1. The van der Waals surface area contributed by atoms with Crippen LogP contribution in [0.4, 0.5) is 5.13 Å². The molecule has 0 saturated carbocycles. The molecule has 7 nitrogen and oxygen atoms in total. The average Bonchev–Trinajstić information content (AvgIpc) is 3.06. The molecule has 2 aromatic heterocycles. The Hall–Kier alpha value is -2.74. The number of nitrogens with one attached hydrogen (secondary N) is 1. The van der Waals surface area contributed by atoms with Gasteiger partial charge >= 0.3 is 5.63 Å². The highest BCUT2D eigenvalue weighted by molar-refractivity contribution is 7.15. The maximum Gasteiger partial charge on any atom is 0.340 e. The van der Waals surface area contributed by atoms with Crippen LogP contribution in [-0.2, 0) is 16.6 Å². The summed E-state index contributed by atoms with van der Waals surface area (Å²) in [6.45, 7) is 7.88. The summed E-state index contributed by atoms with van der Waals surface area (Å²) < 4.78 is 10.5. The Morgan fingerprint density at radius 2 is 2.04 bits per heavy atom. The van der Waals surface area contributed by atoms with Crippen LogP contribution in [0.5, 0.6) is 5.75 Å². The second-order valence-corrected chi connectivity index (χ2v) is 8.22. The minimum atomic E-state index is -0.531. The third-order valence-electron chi connectivity index (χ3n) is 4.14. The fourth-order valence-corrected chi connectivity index (χ4v) is 3.42. The average molecular weight is 387 g/mol. The number of benzene rings is 1. The summed E-state index contributed by atoms with van der Waals surface area (Å²) in [4.78, 5) is 24.8. The molecule has 0 radical (unpaired) electrons. The molecular weight excluding hydrogens is 366 g/mol. The molecule has 3 aromatic rings. The lowest BCUT2D eigenvalue weighted by Gasteiger charge is -2.12. The molecule has 142 valence electrons. The van der Waals surface area contributed by atoms with E-state index >= 15 is 0 Å². The number of aromatic nitrogens is 2. The largest absolute Gasteiger partial charge is 0.497 e. The van der Waals surface area contributed by atoms with Gasteiger partial charge in [0, 0.05) is 16.9 Å². The van der Waals surface area contributed by atoms with E-state index in [9.17, 15) is 9.59 Å². The standard InChI is InChI=1S/C19H21N3O4S/c1-10-12-7-6-11(25-5)8-14(12)26-16(24)13(10)9-15(23)20-18-22-21-17(27-18)19(2,3)4/h6-8H,9H2,1-5H3,(H,20,22,23). The van der Waals surface area contributed by atoms with Crippen molar-refractivity contribution < 1.29 is 13.9 Å². The summed E-state index contributed by atoms with van der Waals surface area (Å²) in [6.07, 6.45) is -0.0967. The molecule has 0 saturated heterocycles. The zero-order valence-electron chi connectivity index (χ0n) is 15.9. The topological polar surface area (TPSA) is 94.3 Å². The van der Waals surface area contributed by atoms with Crippen LogP contribution >= 0.6 is 11.3 Å². The lowest BCUT2D eigenvalue weighted by molar-refractivity contribution is -0.115. The van der Waals surface area contributed by atoms with Gasteiger partial charge in [0.2, 0.25) is 11.0 Å². The number of aryl methyl sites for hydroxylation is 1. The number of methoxy groups -OCH3 is 1. The molecule has 2 heterocycles. The Bertz CT molecular complexity index is 1060. The predicted molar refractivity (Wildman–Crippen MR) is 105 cm³/mol. The second-order valence-electron chi connectivity index (χ2n) is 7.24. The van der Waals surface area contributed by atoms with Gasteiger partial charge in [-0.3, -0.25) is 4.79 Å². The zero-order valence-corrected chi connectivity index (χ0v) is 16.7. The van der Waals surface area contributed by atoms with Gasteiger partial charge in [-0.25, -0.2) is 4.79 Å². The molecule has 0 aliphatic rings. The van der Waals surface area contributed by atoms with Crippen LogP contribution in [0, 0.1) is 6.92 Å². The molecular formula is C19H21N3O4S. The van der Waals surface area contributed by atoms with Crippen LogP contribution in [-0.4, -0.2) is 23.2 Å². The van der Waals surface area contributed by atoms with E-state index in [4.69, 9.17) is 9.15 Å². The molecule has 3 rings (SSSR count). The second kappa shape index (κ2) is 7.11. The van der Waals surface area contributed by atoms with E-state index in [2.05, 4.69) is 15.5 Å². The van der Waals surface area contributed by atoms with Gasteiger partial charge in [-0.05, 0) is 24.6 Å². The van der Waals surface area contributed by atoms with Crippen molar-refractivity contribution >= 4 is 33.3 Å². The first kappa shape index (κ1) is 19.0. The first-order valence-corrected chi connectivity index (χ1v) is 9.25. The number of ether oxygens (including phenoxy) is 1. The number of rotatable bonds is 4. The van der Waals surface area contributed by atoms with Gasteiger partial charge in [0.1, 0.15) is 16.3 Å². The molecule has 27 heavy (non-hydrogen) atoms. The van der Waals surface area contributed by atoms with Crippen molar-refractivity contribution in [2.75, 3.05) is 12.4 Å². The number of hydrogen-bond acceptors (Lipinski definition) is 7. The van der Waals surface area contributed by atoms with Crippen molar-refractivity contribution in [2.45, 2.75) is 39.5 Å². The van der Waals surface area contributed by atoms with Crippen molar-refractivity contribution in [1.29, 1.82) is 0 Å². The van der Waals surface area contributed by atoms with Crippen molar-refractivity contribution in [1.82, 2.24) is 10.2 Å². The summed E-state index contributed by atoms with van der Waals surface area (Å²) in [5.41, 5.74) is 0.797. The molecule has 0 unspecified atom stereocenters. The van der Waals surface area contributed by atoms with Gasteiger partial charge in [0.25, 0.3) is 0 Å². The zero-order chi connectivity index (χ0) is 19.8. The van der Waals surface area contributed by atoms with E-state index in [1.54, 1.807) is 26.2 Å². The fraction of sp³-hybridized carbons (Fsp3) is 0.368. The number of carbonyl (C=O) groups is 1. The maximum atomic E-state index is 12.4. The minimum absolute atomic E-state index is 0.0967. The summed E-state index contributed by atoms with van der Waals surface area (Å²) in [5, 5.41) is 12.8. The summed E-state index contributed by atoms with van der Waals surface area (Å²) >= 11 is 1.32. The summed E-state index contributed by atoms with van der Waals surface area (Å²) in [6, 6.07) is 5.26. The van der Waals surface area contributed by atoms with E-state index < -0.39 is 5.63 Å². The van der Waals surface area contributed by atoms with Crippen LogP contribution in [0.3, 0.4) is 0 Å². The first-order valence-electron chi connectivity index (χ1n) is 8.43. The fourth-order valence-electron chi connectivity index (χ4n) is 2.61. The van der Waals surface area contributed by atoms with Crippen LogP contribution in [0.25, 0.3) is 11.0 Å². The van der Waals surface area contributed by atoms with Gasteiger partial charge in [-0.1, -0.05) is 32.1 Å². The van der Waals surface area contributed by atoms with Crippen LogP contribution in [0.1, 0.15) is 36.9 Å². The lowest BCUT2D eigenvalue weighted by atomic mass is 9.98. The quantitative estimate of drug-likeness (QED) is 0.689. The molecule has 1 amide bonds. The van der Waals surface area contributed by atoms with Gasteiger partial charge in [0.05, 0.1) is 19.1 Å². The van der Waals surface area contributed by atoms with Crippen molar-refractivity contribution in [3.05, 3.63) is 44.8 Å². The smallest absolute Gasteiger partial charge is 0.340 e. The molecule has 0 aliphatic heterocycles. The molecule has 0 bridgehead atoms. The molecule has 0 aliphatic carbocycles. The molecule has 0 spiro atoms. The number of amides is 1. The highest BCUT2D eigenvalue weighted by Crippen LogP contribution is 2.28. The Kier molecular flexibility index (Phi) is 5.01. The predicted octanol–water partition coefficient (Wildman–Crippen LogP) is 3.44. The number of fused-ring (bicyclic) bond motifs is 1. The number of nitrogens with zero attached hydrogens (tertiary/aromatic N) is 2. The van der Waals surface area contributed by atoms with Crippen molar-refractivity contribution in [3.8, 4) is 5.75 Å². The van der Waals surface area contributed by atoms with Crippen LogP contribution in [0.15, 0.2) is 27.4 Å². The van der Waals surface area contributed by atoms with E-state index in [1.165, 1.54) is 11.3 Å². The van der Waals surface area contributed by atoms with E-state index in [0.29, 0.717) is 27.6 Å². The lowest BCUT2D eigenvalue weighted by Crippen LogP contribution is -2.20. The molecule has 1 aromatic carbocycles. The van der Waals surface area contributed by atoms with E-state index in [1.807, 2.05) is 26.8 Å². The van der Waals surface area contributed by atoms with Gasteiger partial charge < -0.3 is 14.5 Å². The highest BCUT2D eigenvalue weighted by Gasteiger charge is 2.21. The van der Waals surface area contributed by atoms with E-state index in [-0.39, 0.29) is 17.7 Å². The monoisotopic (exact) mass is 387 g/mol. The molecule has 0 fully saturated rings. The molecule has 0 atom stereocenters. The van der Waals surface area contributed by atoms with Gasteiger partial charge in [-0.15, -0.1) is 10.2 Å². The Morgan fingerprint density at radius 3 is 2.67 bits per heavy atom. The Balaban J connectivity index is 1.84. The maximum absolute atomic E-state index is 12.4. The Morgan fingerprint density at radius 1 is 1.30 bits per heavy atom.